The van der Waals surface area contributed by atoms with Gasteiger partial charge in [0.2, 0.25) is 0 Å². The Morgan fingerprint density at radius 1 is 1.21 bits per heavy atom. The van der Waals surface area contributed by atoms with Crippen LogP contribution in [0.15, 0.2) is 59.2 Å². The summed E-state index contributed by atoms with van der Waals surface area (Å²) in [5.41, 5.74) is 2.02. The number of furan rings is 1. The molecule has 0 fully saturated rings. The van der Waals surface area contributed by atoms with Crippen LogP contribution in [0, 0.1) is 0 Å². The number of thiophene rings is 1. The molecule has 0 saturated heterocycles. The molecule has 1 N–H and O–H groups in total. The van der Waals surface area contributed by atoms with Crippen LogP contribution < -0.4 is 5.32 Å². The summed E-state index contributed by atoms with van der Waals surface area (Å²) in [6.45, 7) is 0.380. The molecule has 0 atom stereocenters. The number of hydrogen-bond acceptors (Lipinski definition) is 4. The van der Waals surface area contributed by atoms with Gasteiger partial charge in [0.05, 0.1) is 33.6 Å². The van der Waals surface area contributed by atoms with Gasteiger partial charge in [-0.15, -0.1) is 11.3 Å². The van der Waals surface area contributed by atoms with E-state index in [0.29, 0.717) is 11.4 Å². The number of rotatable bonds is 4. The number of hydrogen-bond donors (Lipinski definition) is 1. The molecule has 0 aliphatic carbocycles. The van der Waals surface area contributed by atoms with Crippen molar-refractivity contribution < 1.29 is 9.21 Å². The monoisotopic (exact) mass is 337 g/mol. The highest BCUT2D eigenvalue weighted by atomic mass is 32.1. The van der Waals surface area contributed by atoms with Gasteiger partial charge >= 0.3 is 0 Å². The molecule has 3 heterocycles. The lowest BCUT2D eigenvalue weighted by atomic mass is 10.3. The molecule has 0 spiro atoms. The number of imidazole rings is 1. The fraction of sp³-hybridized carbons (Fsp3) is 0.111. The molecule has 0 aliphatic rings. The standard InChI is InChI=1S/C18H15N3O2S/c1-21-14-7-3-2-6-13(14)20-17(21)15-8-9-16(24-15)18(22)19-11-12-5-4-10-23-12/h2-10H,11H2,1H3,(H,19,22). The maximum absolute atomic E-state index is 12.3. The average Bonchev–Trinajstić information content (AvgIpc) is 3.33. The Morgan fingerprint density at radius 3 is 2.88 bits per heavy atom. The highest BCUT2D eigenvalue weighted by Gasteiger charge is 2.15. The van der Waals surface area contributed by atoms with Gasteiger partial charge in [0.1, 0.15) is 5.76 Å². The van der Waals surface area contributed by atoms with Crippen LogP contribution in [-0.4, -0.2) is 15.5 Å². The maximum Gasteiger partial charge on any atom is 0.261 e. The molecule has 1 amide bonds. The van der Waals surface area contributed by atoms with Gasteiger partial charge in [-0.25, -0.2) is 4.98 Å². The zero-order valence-corrected chi connectivity index (χ0v) is 13.8. The van der Waals surface area contributed by atoms with E-state index in [1.165, 1.54) is 11.3 Å². The zero-order chi connectivity index (χ0) is 16.5. The third-order valence-corrected chi connectivity index (χ3v) is 4.92. The van der Waals surface area contributed by atoms with Crippen molar-refractivity contribution in [2.45, 2.75) is 6.54 Å². The van der Waals surface area contributed by atoms with E-state index in [-0.39, 0.29) is 5.91 Å². The minimum Gasteiger partial charge on any atom is -0.467 e. The quantitative estimate of drug-likeness (QED) is 0.616. The Hall–Kier alpha value is -2.86. The van der Waals surface area contributed by atoms with Gasteiger partial charge in [-0.2, -0.15) is 0 Å². The van der Waals surface area contributed by atoms with Gasteiger partial charge in [0, 0.05) is 7.05 Å². The van der Waals surface area contributed by atoms with Gasteiger partial charge in [-0.3, -0.25) is 4.79 Å². The molecule has 24 heavy (non-hydrogen) atoms. The number of carbonyl (C=O) groups excluding carboxylic acids is 1. The molecule has 120 valence electrons. The average molecular weight is 337 g/mol. The SMILES string of the molecule is Cn1c(-c2ccc(C(=O)NCc3ccco3)s2)nc2ccccc21. The molecule has 3 aromatic heterocycles. The Morgan fingerprint density at radius 2 is 2.08 bits per heavy atom. The molecule has 0 unspecified atom stereocenters. The van der Waals surface area contributed by atoms with Crippen LogP contribution in [-0.2, 0) is 13.6 Å². The van der Waals surface area contributed by atoms with Gasteiger partial charge in [-0.05, 0) is 36.4 Å². The van der Waals surface area contributed by atoms with Crippen LogP contribution >= 0.6 is 11.3 Å². The molecule has 5 nitrogen and oxygen atoms in total. The molecule has 4 aromatic rings. The summed E-state index contributed by atoms with van der Waals surface area (Å²) < 4.78 is 7.27. The number of para-hydroxylation sites is 2. The summed E-state index contributed by atoms with van der Waals surface area (Å²) in [5, 5.41) is 2.86. The Balaban J connectivity index is 1.57. The Kier molecular flexibility index (Phi) is 3.66. The molecule has 6 heteroatoms. The normalized spacial score (nSPS) is 11.0. The van der Waals surface area contributed by atoms with Crippen LogP contribution in [0.4, 0.5) is 0 Å². The van der Waals surface area contributed by atoms with Crippen molar-refractivity contribution in [3.8, 4) is 10.7 Å². The molecular formula is C18H15N3O2S. The second-order valence-corrected chi connectivity index (χ2v) is 6.49. The predicted molar refractivity (Wildman–Crippen MR) is 93.9 cm³/mol. The fourth-order valence-electron chi connectivity index (χ4n) is 2.61. The van der Waals surface area contributed by atoms with E-state index in [4.69, 9.17) is 4.42 Å². The number of benzene rings is 1. The summed E-state index contributed by atoms with van der Waals surface area (Å²) in [6.07, 6.45) is 1.59. The number of nitrogens with zero attached hydrogens (tertiary/aromatic N) is 2. The number of nitrogens with one attached hydrogen (secondary N) is 1. The summed E-state index contributed by atoms with van der Waals surface area (Å²) in [5.74, 6) is 1.49. The number of aryl methyl sites for hydroxylation is 1. The highest BCUT2D eigenvalue weighted by molar-refractivity contribution is 7.17. The Labute approximate surface area is 142 Å². The predicted octanol–water partition coefficient (Wildman–Crippen LogP) is 3.82. The summed E-state index contributed by atoms with van der Waals surface area (Å²) >= 11 is 1.43. The zero-order valence-electron chi connectivity index (χ0n) is 13.0. The van der Waals surface area contributed by atoms with Crippen molar-refractivity contribution >= 4 is 28.3 Å². The molecular weight excluding hydrogens is 322 g/mol. The first-order chi connectivity index (χ1) is 11.7. The van der Waals surface area contributed by atoms with E-state index in [0.717, 1.165) is 27.5 Å². The van der Waals surface area contributed by atoms with Crippen molar-refractivity contribution in [2.24, 2.45) is 7.05 Å². The molecule has 1 aromatic carbocycles. The van der Waals surface area contributed by atoms with E-state index in [9.17, 15) is 4.79 Å². The maximum atomic E-state index is 12.3. The lowest BCUT2D eigenvalue weighted by molar-refractivity contribution is 0.0952. The minimum atomic E-state index is -0.110. The number of aromatic nitrogens is 2. The summed E-state index contributed by atoms with van der Waals surface area (Å²) in [6, 6.07) is 15.4. The fourth-order valence-corrected chi connectivity index (χ4v) is 3.56. The van der Waals surface area contributed by atoms with Crippen molar-refractivity contribution in [2.75, 3.05) is 0 Å². The molecule has 4 rings (SSSR count). The van der Waals surface area contributed by atoms with E-state index >= 15 is 0 Å². The van der Waals surface area contributed by atoms with E-state index in [1.807, 2.05) is 54.1 Å². The Bertz CT molecular complexity index is 999. The number of amides is 1. The van der Waals surface area contributed by atoms with Crippen LogP contribution in [0.2, 0.25) is 0 Å². The van der Waals surface area contributed by atoms with Crippen molar-refractivity contribution in [1.29, 1.82) is 0 Å². The lowest BCUT2D eigenvalue weighted by Gasteiger charge is -2.01. The first-order valence-electron chi connectivity index (χ1n) is 7.54. The topological polar surface area (TPSA) is 60.1 Å². The summed E-state index contributed by atoms with van der Waals surface area (Å²) in [7, 11) is 1.99. The van der Waals surface area contributed by atoms with Crippen LogP contribution in [0.5, 0.6) is 0 Å². The largest absolute Gasteiger partial charge is 0.467 e. The van der Waals surface area contributed by atoms with Gasteiger partial charge in [0.15, 0.2) is 5.82 Å². The second kappa shape index (κ2) is 5.98. The third kappa shape index (κ3) is 2.61. The number of carbonyl (C=O) groups is 1. The first-order valence-corrected chi connectivity index (χ1v) is 8.36. The third-order valence-electron chi connectivity index (χ3n) is 3.84. The van der Waals surface area contributed by atoms with Crippen molar-refractivity contribution in [1.82, 2.24) is 14.9 Å². The highest BCUT2D eigenvalue weighted by Crippen LogP contribution is 2.29. The smallest absolute Gasteiger partial charge is 0.261 e. The molecule has 0 bridgehead atoms. The molecule has 0 radical (unpaired) electrons. The van der Waals surface area contributed by atoms with E-state index in [2.05, 4.69) is 10.3 Å². The van der Waals surface area contributed by atoms with Crippen LogP contribution in [0.25, 0.3) is 21.7 Å². The molecule has 0 aliphatic heterocycles. The van der Waals surface area contributed by atoms with E-state index in [1.54, 1.807) is 12.3 Å². The van der Waals surface area contributed by atoms with Gasteiger partial charge in [-0.1, -0.05) is 12.1 Å². The van der Waals surface area contributed by atoms with Crippen LogP contribution in [0.1, 0.15) is 15.4 Å². The first kappa shape index (κ1) is 14.7. The summed E-state index contributed by atoms with van der Waals surface area (Å²) in [4.78, 5) is 18.6. The van der Waals surface area contributed by atoms with Gasteiger partial charge in [0.25, 0.3) is 5.91 Å². The lowest BCUT2D eigenvalue weighted by Crippen LogP contribution is -2.21. The van der Waals surface area contributed by atoms with E-state index < -0.39 is 0 Å². The van der Waals surface area contributed by atoms with Gasteiger partial charge < -0.3 is 14.3 Å². The minimum absolute atomic E-state index is 0.110. The number of fused-ring (bicyclic) bond motifs is 1. The van der Waals surface area contributed by atoms with Crippen molar-refractivity contribution in [3.63, 3.8) is 0 Å². The van der Waals surface area contributed by atoms with Crippen molar-refractivity contribution in [3.05, 3.63) is 65.4 Å². The van der Waals surface area contributed by atoms with Crippen LogP contribution in [0.3, 0.4) is 0 Å². The molecule has 0 saturated carbocycles. The second-order valence-electron chi connectivity index (χ2n) is 5.41.